The summed E-state index contributed by atoms with van der Waals surface area (Å²) in [4.78, 5) is 10.5. The standard InChI is InChI=1S/C5H11N2O2/c6-2-1-5(9)7-3-4-8/h1-4,6H2,(H,7,9). The van der Waals surface area contributed by atoms with Crippen LogP contribution in [-0.2, 0) is 9.90 Å². The molecule has 0 saturated carbocycles. The van der Waals surface area contributed by atoms with Crippen LogP contribution in [0.2, 0.25) is 0 Å². The number of rotatable bonds is 4. The molecule has 4 heteroatoms. The number of amides is 1. The Kier molecular flexibility index (Phi) is 5.15. The highest BCUT2D eigenvalue weighted by molar-refractivity contribution is 5.75. The lowest BCUT2D eigenvalue weighted by Gasteiger charge is -1.98. The van der Waals surface area contributed by atoms with E-state index in [1.807, 2.05) is 0 Å². The molecule has 0 rings (SSSR count). The van der Waals surface area contributed by atoms with Gasteiger partial charge in [-0.15, -0.1) is 0 Å². The fourth-order valence-electron chi connectivity index (χ4n) is 0.410. The number of nitrogens with two attached hydrogens (primary N) is 1. The zero-order chi connectivity index (χ0) is 7.11. The number of carbonyl (C=O) groups excluding carboxylic acids is 1. The van der Waals surface area contributed by atoms with Gasteiger partial charge in [-0.25, -0.2) is 5.11 Å². The van der Waals surface area contributed by atoms with Gasteiger partial charge in [-0.05, 0) is 0 Å². The van der Waals surface area contributed by atoms with Crippen molar-refractivity contribution in [1.29, 1.82) is 0 Å². The van der Waals surface area contributed by atoms with E-state index < -0.39 is 0 Å². The Morgan fingerprint density at radius 3 is 2.67 bits per heavy atom. The molecule has 0 unspecified atom stereocenters. The van der Waals surface area contributed by atoms with Crippen LogP contribution in [0.1, 0.15) is 6.42 Å². The van der Waals surface area contributed by atoms with Gasteiger partial charge in [0, 0.05) is 19.5 Å². The maximum atomic E-state index is 10.5. The SMILES string of the molecule is NCCC(=O)NCC[O]. The number of nitrogens with one attached hydrogen (secondary N) is 1. The van der Waals surface area contributed by atoms with Crippen LogP contribution in [0.25, 0.3) is 0 Å². The van der Waals surface area contributed by atoms with E-state index in [1.165, 1.54) is 0 Å². The molecule has 0 heterocycles. The van der Waals surface area contributed by atoms with Crippen LogP contribution in [0.4, 0.5) is 0 Å². The molecule has 1 radical (unpaired) electrons. The summed E-state index contributed by atoms with van der Waals surface area (Å²) in [6, 6.07) is 0. The highest BCUT2D eigenvalue weighted by atomic mass is 16.3. The van der Waals surface area contributed by atoms with Crippen molar-refractivity contribution in [2.45, 2.75) is 6.42 Å². The van der Waals surface area contributed by atoms with Crippen molar-refractivity contribution in [3.05, 3.63) is 0 Å². The first-order valence-corrected chi connectivity index (χ1v) is 2.86. The van der Waals surface area contributed by atoms with Crippen molar-refractivity contribution in [2.24, 2.45) is 5.73 Å². The number of hydrogen-bond acceptors (Lipinski definition) is 2. The molecule has 4 nitrogen and oxygen atoms in total. The molecule has 0 saturated heterocycles. The maximum Gasteiger partial charge on any atom is 0.221 e. The van der Waals surface area contributed by atoms with E-state index in [0.717, 1.165) is 0 Å². The fourth-order valence-corrected chi connectivity index (χ4v) is 0.410. The largest absolute Gasteiger partial charge is 0.354 e. The van der Waals surface area contributed by atoms with Crippen LogP contribution >= 0.6 is 0 Å². The summed E-state index contributed by atoms with van der Waals surface area (Å²) in [7, 11) is 0. The zero-order valence-electron chi connectivity index (χ0n) is 5.22. The van der Waals surface area contributed by atoms with E-state index in [9.17, 15) is 9.90 Å². The molecule has 0 aromatic heterocycles. The monoisotopic (exact) mass is 131 g/mol. The van der Waals surface area contributed by atoms with Gasteiger partial charge in [0.2, 0.25) is 5.91 Å². The lowest BCUT2D eigenvalue weighted by Crippen LogP contribution is -2.27. The van der Waals surface area contributed by atoms with Gasteiger partial charge >= 0.3 is 0 Å². The second-order valence-corrected chi connectivity index (χ2v) is 1.59. The minimum atomic E-state index is -0.268. The number of carbonyl (C=O) groups is 1. The Morgan fingerprint density at radius 1 is 1.56 bits per heavy atom. The van der Waals surface area contributed by atoms with Crippen molar-refractivity contribution in [1.82, 2.24) is 5.32 Å². The first kappa shape index (κ1) is 8.39. The molecule has 1 amide bonds. The van der Waals surface area contributed by atoms with E-state index in [0.29, 0.717) is 13.0 Å². The molecule has 0 bridgehead atoms. The van der Waals surface area contributed by atoms with Gasteiger partial charge in [0.05, 0.1) is 6.61 Å². The summed E-state index contributed by atoms with van der Waals surface area (Å²) >= 11 is 0. The van der Waals surface area contributed by atoms with Gasteiger partial charge in [-0.2, -0.15) is 0 Å². The first-order valence-electron chi connectivity index (χ1n) is 2.86. The lowest BCUT2D eigenvalue weighted by molar-refractivity contribution is -0.121. The summed E-state index contributed by atoms with van der Waals surface area (Å²) in [6.45, 7) is 0.278. The molecular formula is C5H11N2O2. The lowest BCUT2D eigenvalue weighted by atomic mass is 10.4. The van der Waals surface area contributed by atoms with Crippen molar-refractivity contribution in [3.63, 3.8) is 0 Å². The maximum absolute atomic E-state index is 10.5. The minimum absolute atomic E-state index is 0.145. The third kappa shape index (κ3) is 5.26. The van der Waals surface area contributed by atoms with E-state index in [1.54, 1.807) is 0 Å². The van der Waals surface area contributed by atoms with Crippen LogP contribution in [0, 0.1) is 0 Å². The summed E-state index contributed by atoms with van der Waals surface area (Å²) in [5.74, 6) is -0.145. The van der Waals surface area contributed by atoms with E-state index in [-0.39, 0.29) is 19.1 Å². The van der Waals surface area contributed by atoms with Gasteiger partial charge in [-0.3, -0.25) is 4.79 Å². The Hall–Kier alpha value is -0.610. The first-order chi connectivity index (χ1) is 4.31. The number of hydrogen-bond donors (Lipinski definition) is 2. The average Bonchev–Trinajstić information content (AvgIpc) is 1.85. The second kappa shape index (κ2) is 5.53. The highest BCUT2D eigenvalue weighted by Gasteiger charge is 1.95. The normalized spacial score (nSPS) is 9.11. The molecule has 0 aliphatic carbocycles. The third-order valence-corrected chi connectivity index (χ3v) is 0.796. The Labute approximate surface area is 54.0 Å². The molecule has 0 spiro atoms. The molecule has 0 aliphatic rings. The van der Waals surface area contributed by atoms with E-state index in [2.05, 4.69) is 5.32 Å². The van der Waals surface area contributed by atoms with Gasteiger partial charge < -0.3 is 11.1 Å². The van der Waals surface area contributed by atoms with Crippen molar-refractivity contribution < 1.29 is 9.90 Å². The van der Waals surface area contributed by atoms with Crippen LogP contribution in [0.5, 0.6) is 0 Å². The van der Waals surface area contributed by atoms with Crippen molar-refractivity contribution in [2.75, 3.05) is 19.7 Å². The van der Waals surface area contributed by atoms with Crippen LogP contribution in [0.3, 0.4) is 0 Å². The predicted molar refractivity (Wildman–Crippen MR) is 32.2 cm³/mol. The fraction of sp³-hybridized carbons (Fsp3) is 0.800. The van der Waals surface area contributed by atoms with Crippen molar-refractivity contribution in [3.8, 4) is 0 Å². The summed E-state index contributed by atoms with van der Waals surface area (Å²) < 4.78 is 0. The predicted octanol–water partition coefficient (Wildman–Crippen LogP) is -1.12. The van der Waals surface area contributed by atoms with Crippen molar-refractivity contribution >= 4 is 5.91 Å². The molecule has 0 atom stereocenters. The van der Waals surface area contributed by atoms with E-state index in [4.69, 9.17) is 5.73 Å². The molecule has 53 valence electrons. The minimum Gasteiger partial charge on any atom is -0.354 e. The summed E-state index contributed by atoms with van der Waals surface area (Å²) in [6.07, 6.45) is 0.306. The molecule has 3 N–H and O–H groups in total. The van der Waals surface area contributed by atoms with Crippen LogP contribution < -0.4 is 11.1 Å². The van der Waals surface area contributed by atoms with Gasteiger partial charge in [0.1, 0.15) is 0 Å². The van der Waals surface area contributed by atoms with Gasteiger partial charge in [0.15, 0.2) is 0 Å². The quantitative estimate of drug-likeness (QED) is 0.507. The smallest absolute Gasteiger partial charge is 0.221 e. The van der Waals surface area contributed by atoms with Gasteiger partial charge in [-0.1, -0.05) is 0 Å². The van der Waals surface area contributed by atoms with Gasteiger partial charge in [0.25, 0.3) is 0 Å². The van der Waals surface area contributed by atoms with Crippen LogP contribution in [0.15, 0.2) is 0 Å². The molecular weight excluding hydrogens is 120 g/mol. The molecule has 0 fully saturated rings. The Bertz CT molecular complexity index is 85.0. The summed E-state index contributed by atoms with van der Waals surface area (Å²) in [5.41, 5.74) is 5.06. The van der Waals surface area contributed by atoms with Crippen LogP contribution in [-0.4, -0.2) is 25.6 Å². The molecule has 0 aromatic carbocycles. The Morgan fingerprint density at radius 2 is 2.22 bits per heavy atom. The molecule has 0 aromatic rings. The molecule has 0 aliphatic heterocycles. The zero-order valence-corrected chi connectivity index (χ0v) is 5.22. The summed E-state index contributed by atoms with van der Waals surface area (Å²) in [5, 5.41) is 12.2. The average molecular weight is 131 g/mol. The Balaban J connectivity index is 3.06. The molecule has 9 heavy (non-hydrogen) atoms. The second-order valence-electron chi connectivity index (χ2n) is 1.59. The van der Waals surface area contributed by atoms with E-state index >= 15 is 0 Å². The third-order valence-electron chi connectivity index (χ3n) is 0.796. The topological polar surface area (TPSA) is 75.0 Å². The highest BCUT2D eigenvalue weighted by Crippen LogP contribution is 1.72.